The van der Waals surface area contributed by atoms with E-state index < -0.39 is 24.2 Å². The summed E-state index contributed by atoms with van der Waals surface area (Å²) in [7, 11) is 0. The highest BCUT2D eigenvalue weighted by Crippen LogP contribution is 2.36. The zero-order valence-corrected chi connectivity index (χ0v) is 16.6. The van der Waals surface area contributed by atoms with E-state index in [1.807, 2.05) is 0 Å². The Balaban J connectivity index is 1.64. The van der Waals surface area contributed by atoms with Crippen LogP contribution >= 0.6 is 11.6 Å². The Morgan fingerprint density at radius 1 is 0.871 bits per heavy atom. The van der Waals surface area contributed by atoms with Crippen molar-refractivity contribution in [2.75, 3.05) is 5.32 Å². The highest BCUT2D eigenvalue weighted by atomic mass is 35.5. The van der Waals surface area contributed by atoms with Crippen LogP contribution in [0, 0.1) is 0 Å². The normalized spacial score (nSPS) is 12.0. The molecule has 9 heteroatoms. The molecule has 0 fully saturated rings. The van der Waals surface area contributed by atoms with Gasteiger partial charge in [0.25, 0.3) is 5.91 Å². The number of ether oxygens (including phenoxy) is 1. The maximum absolute atomic E-state index is 13.4. The molecule has 0 aliphatic heterocycles. The lowest BCUT2D eigenvalue weighted by atomic mass is 10.1. The first kappa shape index (κ1) is 22.2. The Morgan fingerprint density at radius 2 is 1.48 bits per heavy atom. The van der Waals surface area contributed by atoms with Crippen molar-refractivity contribution >= 4 is 29.2 Å². The van der Waals surface area contributed by atoms with E-state index in [9.17, 15) is 22.8 Å². The van der Waals surface area contributed by atoms with Gasteiger partial charge >= 0.3 is 12.2 Å². The number of hydrogen-bond acceptors (Lipinski definition) is 3. The summed E-state index contributed by atoms with van der Waals surface area (Å²) in [6, 6.07) is 17.9. The van der Waals surface area contributed by atoms with E-state index in [0.717, 1.165) is 0 Å². The van der Waals surface area contributed by atoms with Crippen LogP contribution in [-0.2, 0) is 0 Å². The number of halogens is 4. The van der Waals surface area contributed by atoms with E-state index in [4.69, 9.17) is 16.3 Å². The van der Waals surface area contributed by atoms with E-state index in [0.29, 0.717) is 0 Å². The van der Waals surface area contributed by atoms with Crippen LogP contribution in [0.15, 0.2) is 78.9 Å². The Hall–Kier alpha value is -3.52. The van der Waals surface area contributed by atoms with E-state index >= 15 is 0 Å². The van der Waals surface area contributed by atoms with E-state index in [1.54, 1.807) is 18.2 Å². The van der Waals surface area contributed by atoms with Crippen molar-refractivity contribution < 1.29 is 27.5 Å². The minimum atomic E-state index is -4.61. The lowest BCUT2D eigenvalue weighted by molar-refractivity contribution is -0.198. The number of amides is 3. The van der Waals surface area contributed by atoms with Gasteiger partial charge in [-0.15, -0.1) is 0 Å². The number of carbonyl (C=O) groups is 2. The Kier molecular flexibility index (Phi) is 6.81. The molecular weight excluding hydrogens is 433 g/mol. The Bertz CT molecular complexity index is 1060. The summed E-state index contributed by atoms with van der Waals surface area (Å²) in [5.74, 6) is -0.733. The van der Waals surface area contributed by atoms with Crippen LogP contribution in [0.2, 0.25) is 5.02 Å². The standard InChI is InChI=1S/C22H16ClF3N2O3/c23-18-9-5-4-8-17(18)20(29)28-21(30)27-15-10-12-16(13-11-15)31-19(22(24,25)26)14-6-2-1-3-7-14/h1-13,19H,(H2,27,28,29,30). The summed E-state index contributed by atoms with van der Waals surface area (Å²) in [6.07, 6.45) is -6.75. The number of imide groups is 1. The largest absolute Gasteiger partial charge is 0.476 e. The molecule has 5 nitrogen and oxygen atoms in total. The minimum Gasteiger partial charge on any atom is -0.476 e. The highest BCUT2D eigenvalue weighted by molar-refractivity contribution is 6.34. The second kappa shape index (κ2) is 9.53. The third kappa shape index (κ3) is 5.99. The Labute approximate surface area is 180 Å². The molecule has 2 N–H and O–H groups in total. The van der Waals surface area contributed by atoms with Crippen LogP contribution < -0.4 is 15.4 Å². The summed E-state index contributed by atoms with van der Waals surface area (Å²) in [6.45, 7) is 0. The maximum Gasteiger partial charge on any atom is 0.429 e. The van der Waals surface area contributed by atoms with Crippen LogP contribution in [0.1, 0.15) is 22.0 Å². The smallest absolute Gasteiger partial charge is 0.429 e. The molecule has 3 rings (SSSR count). The van der Waals surface area contributed by atoms with Crippen molar-refractivity contribution in [2.45, 2.75) is 12.3 Å². The molecule has 0 saturated carbocycles. The van der Waals surface area contributed by atoms with Crippen LogP contribution in [0.25, 0.3) is 0 Å². The van der Waals surface area contributed by atoms with Gasteiger partial charge in [-0.3, -0.25) is 10.1 Å². The molecule has 3 amide bonds. The first-order valence-electron chi connectivity index (χ1n) is 8.99. The monoisotopic (exact) mass is 448 g/mol. The number of nitrogens with one attached hydrogen (secondary N) is 2. The van der Waals surface area contributed by atoms with Gasteiger partial charge in [0.2, 0.25) is 6.10 Å². The van der Waals surface area contributed by atoms with Gasteiger partial charge in [0.05, 0.1) is 10.6 Å². The molecule has 3 aromatic rings. The zero-order chi connectivity index (χ0) is 22.4. The highest BCUT2D eigenvalue weighted by Gasteiger charge is 2.43. The number of alkyl halides is 3. The topological polar surface area (TPSA) is 67.4 Å². The molecular formula is C22H16ClF3N2O3. The van der Waals surface area contributed by atoms with Crippen molar-refractivity contribution in [2.24, 2.45) is 0 Å². The van der Waals surface area contributed by atoms with Crippen molar-refractivity contribution in [1.29, 1.82) is 0 Å². The number of hydrogen-bond donors (Lipinski definition) is 2. The van der Waals surface area contributed by atoms with Crippen molar-refractivity contribution in [1.82, 2.24) is 5.32 Å². The minimum absolute atomic E-state index is 0.0327. The molecule has 0 aliphatic carbocycles. The zero-order valence-electron chi connectivity index (χ0n) is 15.8. The lowest BCUT2D eigenvalue weighted by Crippen LogP contribution is -2.34. The quantitative estimate of drug-likeness (QED) is 0.504. The van der Waals surface area contributed by atoms with Gasteiger partial charge in [-0.05, 0) is 36.4 Å². The van der Waals surface area contributed by atoms with Crippen molar-refractivity contribution in [3.63, 3.8) is 0 Å². The van der Waals surface area contributed by atoms with Crippen LogP contribution in [0.4, 0.5) is 23.7 Å². The van der Waals surface area contributed by atoms with Gasteiger partial charge < -0.3 is 10.1 Å². The number of urea groups is 1. The number of rotatable bonds is 5. The summed E-state index contributed by atoms with van der Waals surface area (Å²) in [5.41, 5.74) is 0.344. The molecule has 0 aromatic heterocycles. The second-order valence-electron chi connectivity index (χ2n) is 6.36. The van der Waals surface area contributed by atoms with Crippen LogP contribution in [0.5, 0.6) is 5.75 Å². The van der Waals surface area contributed by atoms with Gasteiger partial charge in [0.15, 0.2) is 0 Å². The summed E-state index contributed by atoms with van der Waals surface area (Å²) >= 11 is 5.91. The van der Waals surface area contributed by atoms with Gasteiger partial charge in [-0.2, -0.15) is 13.2 Å². The van der Waals surface area contributed by atoms with Gasteiger partial charge in [-0.1, -0.05) is 54.1 Å². The first-order valence-corrected chi connectivity index (χ1v) is 9.37. The summed E-state index contributed by atoms with van der Waals surface area (Å²) < 4.78 is 45.3. The third-order valence-electron chi connectivity index (χ3n) is 4.11. The fourth-order valence-corrected chi connectivity index (χ4v) is 2.90. The number of anilines is 1. The molecule has 0 aliphatic rings. The molecule has 1 atom stereocenters. The second-order valence-corrected chi connectivity index (χ2v) is 6.77. The number of carbonyl (C=O) groups excluding carboxylic acids is 2. The van der Waals surface area contributed by atoms with E-state index in [-0.39, 0.29) is 27.6 Å². The molecule has 0 saturated heterocycles. The first-order chi connectivity index (χ1) is 14.7. The van der Waals surface area contributed by atoms with E-state index in [2.05, 4.69) is 10.6 Å². The average molecular weight is 449 g/mol. The molecule has 3 aromatic carbocycles. The molecule has 31 heavy (non-hydrogen) atoms. The molecule has 0 radical (unpaired) electrons. The molecule has 0 heterocycles. The predicted molar refractivity (Wildman–Crippen MR) is 110 cm³/mol. The fraction of sp³-hybridized carbons (Fsp3) is 0.0909. The molecule has 1 unspecified atom stereocenters. The SMILES string of the molecule is O=C(NC(=O)c1ccccc1Cl)Nc1ccc(OC(c2ccccc2)C(F)(F)F)cc1. The average Bonchev–Trinajstić information content (AvgIpc) is 2.73. The molecule has 0 bridgehead atoms. The summed E-state index contributed by atoms with van der Waals surface area (Å²) in [4.78, 5) is 24.1. The fourth-order valence-electron chi connectivity index (χ4n) is 2.68. The number of benzene rings is 3. The van der Waals surface area contributed by atoms with Gasteiger partial charge in [0.1, 0.15) is 5.75 Å². The van der Waals surface area contributed by atoms with Gasteiger partial charge in [-0.25, -0.2) is 4.79 Å². The summed E-state index contributed by atoms with van der Waals surface area (Å²) in [5, 5.41) is 4.72. The lowest BCUT2D eigenvalue weighted by Gasteiger charge is -2.22. The van der Waals surface area contributed by atoms with Gasteiger partial charge in [0, 0.05) is 11.3 Å². The predicted octanol–water partition coefficient (Wildman–Crippen LogP) is 5.98. The molecule has 160 valence electrons. The maximum atomic E-state index is 13.4. The van der Waals surface area contributed by atoms with Crippen molar-refractivity contribution in [3.8, 4) is 5.75 Å². The van der Waals surface area contributed by atoms with Crippen LogP contribution in [0.3, 0.4) is 0 Å². The molecule has 0 spiro atoms. The third-order valence-corrected chi connectivity index (χ3v) is 4.44. The Morgan fingerprint density at radius 3 is 2.10 bits per heavy atom. The van der Waals surface area contributed by atoms with Crippen LogP contribution in [-0.4, -0.2) is 18.1 Å². The van der Waals surface area contributed by atoms with Crippen molar-refractivity contribution in [3.05, 3.63) is 95.0 Å². The van der Waals surface area contributed by atoms with E-state index in [1.165, 1.54) is 60.7 Å².